The molecule has 0 atom stereocenters. The van der Waals surface area contributed by atoms with Crippen LogP contribution in [0.1, 0.15) is 5.56 Å². The van der Waals surface area contributed by atoms with Gasteiger partial charge in [0.25, 0.3) is 0 Å². The van der Waals surface area contributed by atoms with Crippen molar-refractivity contribution in [1.29, 1.82) is 0 Å². The zero-order valence-corrected chi connectivity index (χ0v) is 15.3. The van der Waals surface area contributed by atoms with E-state index in [1.807, 2.05) is 0 Å². The van der Waals surface area contributed by atoms with Crippen LogP contribution in [0, 0.1) is 6.92 Å². The number of thiazole rings is 1. The number of hydrogen-bond acceptors (Lipinski definition) is 2. The monoisotopic (exact) mass is 422 g/mol. The van der Waals surface area contributed by atoms with Gasteiger partial charge in [0, 0.05) is 16.2 Å². The summed E-state index contributed by atoms with van der Waals surface area (Å²) < 4.78 is 4.52. The molecule has 0 saturated carbocycles. The fourth-order valence-electron chi connectivity index (χ4n) is 2.33. The molecule has 0 amide bonds. The number of hydrogen-bond donors (Lipinski definition) is 0. The van der Waals surface area contributed by atoms with Gasteiger partial charge in [0.05, 0.1) is 15.9 Å². The minimum atomic E-state index is 0. The number of aromatic nitrogens is 2. The molecule has 0 aliphatic heterocycles. The number of rotatable bonds is 1. The van der Waals surface area contributed by atoms with Gasteiger partial charge in [0.2, 0.25) is 0 Å². The SMILES string of the molecule is Br.Cc1ccc(-c2cn3c(n2)sc2ccc(Br)cc23)cc1. The molecule has 0 bridgehead atoms. The molecule has 0 unspecified atom stereocenters. The van der Waals surface area contributed by atoms with Crippen molar-refractivity contribution in [3.05, 3.63) is 58.7 Å². The normalized spacial score (nSPS) is 11.0. The van der Waals surface area contributed by atoms with E-state index >= 15 is 0 Å². The van der Waals surface area contributed by atoms with Crippen LogP contribution in [0.25, 0.3) is 26.4 Å². The van der Waals surface area contributed by atoms with Gasteiger partial charge in [0.1, 0.15) is 0 Å². The first-order chi connectivity index (χ1) is 9.70. The van der Waals surface area contributed by atoms with Crippen molar-refractivity contribution < 1.29 is 0 Å². The van der Waals surface area contributed by atoms with E-state index in [0.29, 0.717) is 0 Å². The van der Waals surface area contributed by atoms with Crippen LogP contribution in [0.2, 0.25) is 0 Å². The number of halogens is 2. The van der Waals surface area contributed by atoms with Crippen molar-refractivity contribution in [3.63, 3.8) is 0 Å². The molecule has 21 heavy (non-hydrogen) atoms. The van der Waals surface area contributed by atoms with E-state index in [-0.39, 0.29) is 17.0 Å². The topological polar surface area (TPSA) is 17.3 Å². The highest BCUT2D eigenvalue weighted by atomic mass is 79.9. The highest BCUT2D eigenvalue weighted by molar-refractivity contribution is 9.10. The predicted molar refractivity (Wildman–Crippen MR) is 98.8 cm³/mol. The second-order valence-corrected chi connectivity index (χ2v) is 6.78. The Kier molecular flexibility index (Phi) is 3.90. The van der Waals surface area contributed by atoms with Crippen LogP contribution >= 0.6 is 44.2 Å². The molecule has 5 heteroatoms. The predicted octanol–water partition coefficient (Wildman–Crippen LogP) is 5.86. The Balaban J connectivity index is 0.00000132. The number of imidazole rings is 1. The molecule has 0 aliphatic carbocycles. The van der Waals surface area contributed by atoms with E-state index in [1.165, 1.54) is 15.8 Å². The number of nitrogens with zero attached hydrogens (tertiary/aromatic N) is 2. The smallest absolute Gasteiger partial charge is 0.195 e. The van der Waals surface area contributed by atoms with Crippen LogP contribution in [0.15, 0.2) is 53.1 Å². The minimum Gasteiger partial charge on any atom is -0.290 e. The summed E-state index contributed by atoms with van der Waals surface area (Å²) in [6.07, 6.45) is 2.12. The second kappa shape index (κ2) is 5.55. The Hall–Kier alpha value is -1.17. The molecular weight excluding hydrogens is 412 g/mol. The molecule has 0 aliphatic rings. The van der Waals surface area contributed by atoms with Gasteiger partial charge in [-0.1, -0.05) is 57.1 Å². The molecule has 0 radical (unpaired) electrons. The molecular formula is C16H12Br2N2S. The molecule has 106 valence electrons. The molecule has 0 saturated heterocycles. The third-order valence-electron chi connectivity index (χ3n) is 3.40. The fourth-order valence-corrected chi connectivity index (χ4v) is 3.67. The highest BCUT2D eigenvalue weighted by Crippen LogP contribution is 2.31. The summed E-state index contributed by atoms with van der Waals surface area (Å²) >= 11 is 5.25. The summed E-state index contributed by atoms with van der Waals surface area (Å²) in [4.78, 5) is 5.78. The molecule has 2 nitrogen and oxygen atoms in total. The van der Waals surface area contributed by atoms with E-state index in [4.69, 9.17) is 4.98 Å². The van der Waals surface area contributed by atoms with E-state index in [1.54, 1.807) is 11.3 Å². The Morgan fingerprint density at radius 3 is 2.62 bits per heavy atom. The van der Waals surface area contributed by atoms with Gasteiger partial charge in [-0.05, 0) is 25.1 Å². The van der Waals surface area contributed by atoms with Crippen LogP contribution < -0.4 is 0 Å². The van der Waals surface area contributed by atoms with E-state index in [0.717, 1.165) is 20.7 Å². The lowest BCUT2D eigenvalue weighted by molar-refractivity contribution is 1.29. The van der Waals surface area contributed by atoms with Crippen molar-refractivity contribution >= 4 is 59.4 Å². The summed E-state index contributed by atoms with van der Waals surface area (Å²) in [6.45, 7) is 2.10. The summed E-state index contributed by atoms with van der Waals surface area (Å²) in [5, 5.41) is 0. The van der Waals surface area contributed by atoms with Gasteiger partial charge in [0.15, 0.2) is 4.96 Å². The van der Waals surface area contributed by atoms with Gasteiger partial charge in [-0.3, -0.25) is 4.40 Å². The Morgan fingerprint density at radius 1 is 1.10 bits per heavy atom. The van der Waals surface area contributed by atoms with Gasteiger partial charge in [-0.15, -0.1) is 17.0 Å². The Bertz CT molecular complexity index is 923. The summed E-state index contributed by atoms with van der Waals surface area (Å²) in [6, 6.07) is 14.8. The first-order valence-corrected chi connectivity index (χ1v) is 7.96. The number of aryl methyl sites for hydroxylation is 1. The van der Waals surface area contributed by atoms with E-state index in [2.05, 4.69) is 75.9 Å². The molecule has 0 fully saturated rings. The van der Waals surface area contributed by atoms with E-state index < -0.39 is 0 Å². The molecule has 2 aromatic heterocycles. The van der Waals surface area contributed by atoms with Gasteiger partial charge in [-0.2, -0.15) is 0 Å². The number of benzene rings is 2. The second-order valence-electron chi connectivity index (χ2n) is 4.86. The van der Waals surface area contributed by atoms with Crippen LogP contribution in [-0.4, -0.2) is 9.38 Å². The standard InChI is InChI=1S/C16H11BrN2S.BrH/c1-10-2-4-11(5-3-10)13-9-19-14-8-12(17)6-7-15(14)20-16(19)18-13;/h2-9H,1H3;1H. The third-order valence-corrected chi connectivity index (χ3v) is 4.93. The maximum absolute atomic E-state index is 4.75. The van der Waals surface area contributed by atoms with Crippen molar-refractivity contribution in [2.24, 2.45) is 0 Å². The van der Waals surface area contributed by atoms with Crippen molar-refractivity contribution in [1.82, 2.24) is 9.38 Å². The van der Waals surface area contributed by atoms with Crippen molar-refractivity contribution in [2.75, 3.05) is 0 Å². The lowest BCUT2D eigenvalue weighted by Gasteiger charge is -1.97. The van der Waals surface area contributed by atoms with Crippen molar-refractivity contribution in [3.8, 4) is 11.3 Å². The van der Waals surface area contributed by atoms with Gasteiger partial charge >= 0.3 is 0 Å². The van der Waals surface area contributed by atoms with Crippen LogP contribution in [0.5, 0.6) is 0 Å². The first kappa shape index (κ1) is 14.8. The summed E-state index contributed by atoms with van der Waals surface area (Å²) in [5.74, 6) is 0. The molecule has 4 aromatic rings. The summed E-state index contributed by atoms with van der Waals surface area (Å²) in [5.41, 5.74) is 4.65. The largest absolute Gasteiger partial charge is 0.290 e. The maximum atomic E-state index is 4.75. The van der Waals surface area contributed by atoms with Crippen LogP contribution in [0.4, 0.5) is 0 Å². The summed E-state index contributed by atoms with van der Waals surface area (Å²) in [7, 11) is 0. The quantitative estimate of drug-likeness (QED) is 0.374. The average molecular weight is 424 g/mol. The van der Waals surface area contributed by atoms with Gasteiger partial charge in [-0.25, -0.2) is 4.98 Å². The molecule has 0 N–H and O–H groups in total. The first-order valence-electron chi connectivity index (χ1n) is 6.35. The average Bonchev–Trinajstić information content (AvgIpc) is 2.98. The number of fused-ring (bicyclic) bond motifs is 3. The third kappa shape index (κ3) is 2.54. The zero-order valence-electron chi connectivity index (χ0n) is 11.2. The van der Waals surface area contributed by atoms with Crippen LogP contribution in [-0.2, 0) is 0 Å². The molecule has 2 aromatic carbocycles. The lowest BCUT2D eigenvalue weighted by Crippen LogP contribution is -1.78. The van der Waals surface area contributed by atoms with Crippen molar-refractivity contribution in [2.45, 2.75) is 6.92 Å². The maximum Gasteiger partial charge on any atom is 0.195 e. The fraction of sp³-hybridized carbons (Fsp3) is 0.0625. The molecule has 2 heterocycles. The van der Waals surface area contributed by atoms with Gasteiger partial charge < -0.3 is 0 Å². The molecule has 4 rings (SSSR count). The highest BCUT2D eigenvalue weighted by Gasteiger charge is 2.10. The zero-order chi connectivity index (χ0) is 13.7. The minimum absolute atomic E-state index is 0. The molecule has 0 spiro atoms. The van der Waals surface area contributed by atoms with E-state index in [9.17, 15) is 0 Å². The van der Waals surface area contributed by atoms with Crippen LogP contribution in [0.3, 0.4) is 0 Å². The lowest BCUT2D eigenvalue weighted by atomic mass is 10.1. The Morgan fingerprint density at radius 2 is 1.86 bits per heavy atom. The Labute approximate surface area is 145 Å².